The number of aryl methyl sites for hydroxylation is 1. The minimum atomic E-state index is -3.76. The van der Waals surface area contributed by atoms with Crippen molar-refractivity contribution in [2.45, 2.75) is 23.3 Å². The highest BCUT2D eigenvalue weighted by atomic mass is 79.9. The van der Waals surface area contributed by atoms with Crippen LogP contribution in [0.4, 0.5) is 0 Å². The highest BCUT2D eigenvalue weighted by Crippen LogP contribution is 2.20. The van der Waals surface area contributed by atoms with Crippen LogP contribution in [-0.2, 0) is 26.6 Å². The molecule has 0 spiro atoms. The van der Waals surface area contributed by atoms with Gasteiger partial charge in [-0.15, -0.1) is 0 Å². The number of nitrogens with one attached hydrogen (secondary N) is 1. The zero-order chi connectivity index (χ0) is 17.3. The third kappa shape index (κ3) is 4.61. The molecule has 0 aliphatic heterocycles. The van der Waals surface area contributed by atoms with Crippen LogP contribution < -0.4 is 9.86 Å². The monoisotopic (exact) mass is 418 g/mol. The van der Waals surface area contributed by atoms with Crippen molar-refractivity contribution in [3.8, 4) is 0 Å². The van der Waals surface area contributed by atoms with E-state index in [1.165, 1.54) is 30.3 Å². The van der Waals surface area contributed by atoms with Gasteiger partial charge in [-0.3, -0.25) is 0 Å². The number of rotatable bonds is 5. The lowest BCUT2D eigenvalue weighted by atomic mass is 10.2. The Hall–Kier alpha value is -1.26. The molecule has 6 nitrogen and oxygen atoms in total. The van der Waals surface area contributed by atoms with Gasteiger partial charge in [-0.05, 0) is 48.4 Å². The Bertz CT molecular complexity index is 924. The Kier molecular flexibility index (Phi) is 5.27. The molecule has 0 atom stereocenters. The summed E-state index contributed by atoms with van der Waals surface area (Å²) < 4.78 is 50.1. The second-order valence-electron chi connectivity index (χ2n) is 4.92. The molecule has 0 saturated carbocycles. The number of primary sulfonamides is 1. The molecule has 3 N–H and O–H groups in total. The SMILES string of the molecule is Cc1cc(S(=O)(=O)NCc2ccc(S(N)(=O)=O)cc2)ccc1Br. The summed E-state index contributed by atoms with van der Waals surface area (Å²) >= 11 is 3.32. The van der Waals surface area contributed by atoms with Gasteiger partial charge in [-0.1, -0.05) is 28.1 Å². The average Bonchev–Trinajstić information content (AvgIpc) is 2.47. The summed E-state index contributed by atoms with van der Waals surface area (Å²) in [5.74, 6) is 0. The fraction of sp³-hybridized carbons (Fsp3) is 0.143. The minimum Gasteiger partial charge on any atom is -0.225 e. The quantitative estimate of drug-likeness (QED) is 0.772. The predicted molar refractivity (Wildman–Crippen MR) is 90.7 cm³/mol. The maximum Gasteiger partial charge on any atom is 0.240 e. The molecule has 0 heterocycles. The maximum absolute atomic E-state index is 12.3. The molecular formula is C14H15BrN2O4S2. The lowest BCUT2D eigenvalue weighted by molar-refractivity contribution is 0.580. The highest BCUT2D eigenvalue weighted by Gasteiger charge is 2.15. The van der Waals surface area contributed by atoms with E-state index in [2.05, 4.69) is 20.7 Å². The number of hydrogen-bond acceptors (Lipinski definition) is 4. The van der Waals surface area contributed by atoms with Crippen molar-refractivity contribution >= 4 is 36.0 Å². The molecule has 0 bridgehead atoms. The third-order valence-corrected chi connectivity index (χ3v) is 6.38. The van der Waals surface area contributed by atoms with E-state index in [0.29, 0.717) is 5.56 Å². The molecule has 0 aliphatic rings. The first-order chi connectivity index (χ1) is 10.6. The van der Waals surface area contributed by atoms with Gasteiger partial charge in [0.1, 0.15) is 0 Å². The molecule has 0 aliphatic carbocycles. The normalized spacial score (nSPS) is 12.3. The van der Waals surface area contributed by atoms with Crippen LogP contribution >= 0.6 is 15.9 Å². The minimum absolute atomic E-state index is 0.0207. The van der Waals surface area contributed by atoms with E-state index in [1.807, 2.05) is 0 Å². The molecule has 0 radical (unpaired) electrons. The number of benzene rings is 2. The van der Waals surface area contributed by atoms with E-state index in [1.54, 1.807) is 19.1 Å². The smallest absolute Gasteiger partial charge is 0.225 e. The van der Waals surface area contributed by atoms with Crippen molar-refractivity contribution in [1.82, 2.24) is 4.72 Å². The summed E-state index contributed by atoms with van der Waals surface area (Å²) in [6.07, 6.45) is 0. The van der Waals surface area contributed by atoms with Crippen LogP contribution in [0, 0.1) is 6.92 Å². The molecule has 0 fully saturated rings. The number of halogens is 1. The Labute approximate surface area is 143 Å². The lowest BCUT2D eigenvalue weighted by Gasteiger charge is -2.09. The van der Waals surface area contributed by atoms with E-state index in [4.69, 9.17) is 5.14 Å². The Balaban J connectivity index is 2.14. The summed E-state index contributed by atoms with van der Waals surface area (Å²) in [5.41, 5.74) is 1.43. The molecule has 0 aromatic heterocycles. The Morgan fingerprint density at radius 3 is 2.09 bits per heavy atom. The average molecular weight is 419 g/mol. The number of sulfonamides is 2. The van der Waals surface area contributed by atoms with Crippen LogP contribution in [0.5, 0.6) is 0 Å². The summed E-state index contributed by atoms with van der Waals surface area (Å²) in [4.78, 5) is 0.145. The standard InChI is InChI=1S/C14H15BrN2O4S2/c1-10-8-13(6-7-14(10)15)23(20,21)17-9-11-2-4-12(5-3-11)22(16,18)19/h2-8,17H,9H2,1H3,(H2,16,18,19). The summed E-state index contributed by atoms with van der Waals surface area (Å²) in [7, 11) is -7.41. The van der Waals surface area contributed by atoms with Crippen LogP contribution in [0.1, 0.15) is 11.1 Å². The highest BCUT2D eigenvalue weighted by molar-refractivity contribution is 9.10. The van der Waals surface area contributed by atoms with E-state index in [-0.39, 0.29) is 16.3 Å². The van der Waals surface area contributed by atoms with Gasteiger partial charge in [0.05, 0.1) is 9.79 Å². The number of nitrogens with two attached hydrogens (primary N) is 1. The molecule has 0 amide bonds. The van der Waals surface area contributed by atoms with Gasteiger partial charge in [0.25, 0.3) is 0 Å². The molecule has 2 aromatic rings. The molecule has 0 unspecified atom stereocenters. The first-order valence-corrected chi connectivity index (χ1v) is 10.3. The fourth-order valence-corrected chi connectivity index (χ4v) is 3.71. The first-order valence-electron chi connectivity index (χ1n) is 6.47. The van der Waals surface area contributed by atoms with Gasteiger partial charge in [0.15, 0.2) is 0 Å². The Morgan fingerprint density at radius 2 is 1.57 bits per heavy atom. The predicted octanol–water partition coefficient (Wildman–Crippen LogP) is 1.88. The Morgan fingerprint density at radius 1 is 1.00 bits per heavy atom. The molecular weight excluding hydrogens is 404 g/mol. The maximum atomic E-state index is 12.3. The summed E-state index contributed by atoms with van der Waals surface area (Å²) in [6, 6.07) is 10.4. The second kappa shape index (κ2) is 6.70. The number of hydrogen-bond donors (Lipinski definition) is 2. The van der Waals surface area contributed by atoms with Crippen LogP contribution in [0.25, 0.3) is 0 Å². The van der Waals surface area contributed by atoms with Crippen LogP contribution in [-0.4, -0.2) is 16.8 Å². The van der Waals surface area contributed by atoms with Crippen molar-refractivity contribution in [3.63, 3.8) is 0 Å². The molecule has 23 heavy (non-hydrogen) atoms. The topological polar surface area (TPSA) is 106 Å². The zero-order valence-corrected chi connectivity index (χ0v) is 15.4. The molecule has 2 aromatic carbocycles. The van der Waals surface area contributed by atoms with Gasteiger partial charge in [-0.2, -0.15) is 0 Å². The third-order valence-electron chi connectivity index (χ3n) is 3.16. The summed E-state index contributed by atoms with van der Waals surface area (Å²) in [5, 5.41) is 5.01. The van der Waals surface area contributed by atoms with Gasteiger partial charge in [0.2, 0.25) is 20.0 Å². The molecule has 0 saturated heterocycles. The second-order valence-corrected chi connectivity index (χ2v) is 9.11. The van der Waals surface area contributed by atoms with Crippen molar-refractivity contribution in [3.05, 3.63) is 58.1 Å². The largest absolute Gasteiger partial charge is 0.240 e. The van der Waals surface area contributed by atoms with E-state index in [0.717, 1.165) is 10.0 Å². The zero-order valence-electron chi connectivity index (χ0n) is 12.2. The van der Waals surface area contributed by atoms with Crippen molar-refractivity contribution in [2.75, 3.05) is 0 Å². The van der Waals surface area contributed by atoms with E-state index < -0.39 is 20.0 Å². The lowest BCUT2D eigenvalue weighted by Crippen LogP contribution is -2.23. The molecule has 124 valence electrons. The van der Waals surface area contributed by atoms with Crippen molar-refractivity contribution in [1.29, 1.82) is 0 Å². The van der Waals surface area contributed by atoms with Gasteiger partial charge in [-0.25, -0.2) is 26.7 Å². The fourth-order valence-electron chi connectivity index (χ4n) is 1.84. The van der Waals surface area contributed by atoms with Gasteiger partial charge in [0, 0.05) is 11.0 Å². The van der Waals surface area contributed by atoms with E-state index >= 15 is 0 Å². The summed E-state index contributed by atoms with van der Waals surface area (Å²) in [6.45, 7) is 1.84. The molecule has 9 heteroatoms. The van der Waals surface area contributed by atoms with Gasteiger partial charge < -0.3 is 0 Å². The van der Waals surface area contributed by atoms with Crippen LogP contribution in [0.3, 0.4) is 0 Å². The van der Waals surface area contributed by atoms with E-state index in [9.17, 15) is 16.8 Å². The first kappa shape index (κ1) is 18.1. The van der Waals surface area contributed by atoms with Gasteiger partial charge >= 0.3 is 0 Å². The van der Waals surface area contributed by atoms with Crippen LogP contribution in [0.2, 0.25) is 0 Å². The van der Waals surface area contributed by atoms with Crippen LogP contribution in [0.15, 0.2) is 56.7 Å². The van der Waals surface area contributed by atoms with Crippen molar-refractivity contribution < 1.29 is 16.8 Å². The molecule has 2 rings (SSSR count). The van der Waals surface area contributed by atoms with Crippen molar-refractivity contribution in [2.24, 2.45) is 5.14 Å².